The van der Waals surface area contributed by atoms with Gasteiger partial charge in [-0.05, 0) is 0 Å². The molecule has 0 amide bonds. The van der Waals surface area contributed by atoms with Gasteiger partial charge in [-0.3, -0.25) is 0 Å². The van der Waals surface area contributed by atoms with E-state index in [1.807, 2.05) is 0 Å². The third-order valence-electron chi connectivity index (χ3n) is 0.827. The van der Waals surface area contributed by atoms with E-state index in [-0.39, 0.29) is 12.4 Å². The Hall–Kier alpha value is -0.700. The summed E-state index contributed by atoms with van der Waals surface area (Å²) >= 11 is 0. The molecule has 10 heavy (non-hydrogen) atoms. The molecule has 0 aliphatic carbocycles. The molecule has 4 heteroatoms. The minimum atomic E-state index is -0.896. The lowest BCUT2D eigenvalue weighted by molar-refractivity contribution is -0.00000388. The van der Waals surface area contributed by atoms with Crippen molar-refractivity contribution >= 4 is 0 Å². The molecule has 0 unspecified atom stereocenters. The highest BCUT2D eigenvalue weighted by Crippen LogP contribution is 2.04. The van der Waals surface area contributed by atoms with E-state index in [0.29, 0.717) is 18.2 Å². The summed E-state index contributed by atoms with van der Waals surface area (Å²) in [6.07, 6.45) is 0. The number of rotatable bonds is 0. The van der Waals surface area contributed by atoms with Crippen LogP contribution in [0.3, 0.4) is 0 Å². The SMILES string of the molecule is Fc1cc(F)cc(F)c1.[Cl-]. The van der Waals surface area contributed by atoms with Crippen LogP contribution in [-0.4, -0.2) is 0 Å². The number of hydrogen-bond donors (Lipinski definition) is 0. The highest BCUT2D eigenvalue weighted by Gasteiger charge is 1.96. The third kappa shape index (κ3) is 2.27. The first-order valence-corrected chi connectivity index (χ1v) is 2.30. The second kappa shape index (κ2) is 3.46. The zero-order valence-corrected chi connectivity index (χ0v) is 5.50. The maximum atomic E-state index is 11.9. The summed E-state index contributed by atoms with van der Waals surface area (Å²) < 4.78 is 35.8. The molecule has 0 N–H and O–H groups in total. The van der Waals surface area contributed by atoms with Crippen molar-refractivity contribution in [3.05, 3.63) is 35.7 Å². The topological polar surface area (TPSA) is 0 Å². The molecule has 0 heterocycles. The molecule has 1 aromatic carbocycles. The molecule has 0 fully saturated rings. The smallest absolute Gasteiger partial charge is 0.129 e. The van der Waals surface area contributed by atoms with Crippen LogP contribution in [0.25, 0.3) is 0 Å². The van der Waals surface area contributed by atoms with E-state index in [2.05, 4.69) is 0 Å². The van der Waals surface area contributed by atoms with E-state index in [9.17, 15) is 13.2 Å². The van der Waals surface area contributed by atoms with Gasteiger partial charge in [0.25, 0.3) is 0 Å². The Bertz CT molecular complexity index is 174. The van der Waals surface area contributed by atoms with Crippen LogP contribution < -0.4 is 12.4 Å². The molecular weight excluding hydrogens is 165 g/mol. The molecule has 0 nitrogen and oxygen atoms in total. The lowest BCUT2D eigenvalue weighted by Gasteiger charge is -1.88. The van der Waals surface area contributed by atoms with Gasteiger partial charge in [0.05, 0.1) is 0 Å². The first-order chi connectivity index (χ1) is 4.18. The van der Waals surface area contributed by atoms with E-state index in [1.54, 1.807) is 0 Å². The average Bonchev–Trinajstić information content (AvgIpc) is 1.59. The Morgan fingerprint density at radius 3 is 1.10 bits per heavy atom. The van der Waals surface area contributed by atoms with Crippen LogP contribution in [0.4, 0.5) is 13.2 Å². The van der Waals surface area contributed by atoms with Crippen LogP contribution in [0.5, 0.6) is 0 Å². The molecule has 0 aromatic heterocycles. The van der Waals surface area contributed by atoms with Crippen LogP contribution in [0.1, 0.15) is 0 Å². The van der Waals surface area contributed by atoms with Crippen molar-refractivity contribution < 1.29 is 25.6 Å². The lowest BCUT2D eigenvalue weighted by atomic mass is 10.3. The van der Waals surface area contributed by atoms with Gasteiger partial charge >= 0.3 is 0 Å². The maximum Gasteiger partial charge on any atom is 0.129 e. The molecule has 0 saturated carbocycles. The summed E-state index contributed by atoms with van der Waals surface area (Å²) in [5.41, 5.74) is 0. The van der Waals surface area contributed by atoms with E-state index in [4.69, 9.17) is 0 Å². The Labute approximate surface area is 62.1 Å². The fourth-order valence-corrected chi connectivity index (χ4v) is 0.520. The summed E-state index contributed by atoms with van der Waals surface area (Å²) in [6.45, 7) is 0. The molecule has 1 rings (SSSR count). The Balaban J connectivity index is 0.000000810. The van der Waals surface area contributed by atoms with Crippen molar-refractivity contribution in [2.24, 2.45) is 0 Å². The zero-order chi connectivity index (χ0) is 6.85. The first kappa shape index (κ1) is 9.30. The molecule has 0 radical (unpaired) electrons. The van der Waals surface area contributed by atoms with Crippen molar-refractivity contribution in [2.45, 2.75) is 0 Å². The largest absolute Gasteiger partial charge is 1.00 e. The van der Waals surface area contributed by atoms with Crippen LogP contribution in [0, 0.1) is 17.5 Å². The molecular formula is C6H3ClF3-. The van der Waals surface area contributed by atoms with Crippen LogP contribution in [0.2, 0.25) is 0 Å². The van der Waals surface area contributed by atoms with Gasteiger partial charge in [0.1, 0.15) is 17.5 Å². The zero-order valence-electron chi connectivity index (χ0n) is 4.74. The van der Waals surface area contributed by atoms with Crippen molar-refractivity contribution in [2.75, 3.05) is 0 Å². The third-order valence-corrected chi connectivity index (χ3v) is 0.827. The van der Waals surface area contributed by atoms with Gasteiger partial charge in [-0.1, -0.05) is 0 Å². The van der Waals surface area contributed by atoms with E-state index in [0.717, 1.165) is 0 Å². The second-order valence-electron chi connectivity index (χ2n) is 1.59. The average molecular weight is 168 g/mol. The summed E-state index contributed by atoms with van der Waals surface area (Å²) in [5.74, 6) is -2.69. The van der Waals surface area contributed by atoms with Gasteiger partial charge in [-0.25, -0.2) is 13.2 Å². The van der Waals surface area contributed by atoms with Crippen molar-refractivity contribution in [3.63, 3.8) is 0 Å². The van der Waals surface area contributed by atoms with Crippen LogP contribution >= 0.6 is 0 Å². The molecule has 0 aliphatic heterocycles. The predicted octanol–water partition coefficient (Wildman–Crippen LogP) is -0.892. The van der Waals surface area contributed by atoms with Crippen LogP contribution in [0.15, 0.2) is 18.2 Å². The number of benzene rings is 1. The first-order valence-electron chi connectivity index (χ1n) is 2.30. The minimum Gasteiger partial charge on any atom is -1.00 e. The van der Waals surface area contributed by atoms with Gasteiger partial charge in [0, 0.05) is 18.2 Å². The lowest BCUT2D eigenvalue weighted by Crippen LogP contribution is -3.00. The van der Waals surface area contributed by atoms with Gasteiger partial charge in [0.2, 0.25) is 0 Å². The highest BCUT2D eigenvalue weighted by molar-refractivity contribution is 5.07. The normalized spacial score (nSPS) is 8.70. The summed E-state index contributed by atoms with van der Waals surface area (Å²) in [6, 6.07) is 1.84. The summed E-state index contributed by atoms with van der Waals surface area (Å²) in [4.78, 5) is 0. The van der Waals surface area contributed by atoms with E-state index in [1.165, 1.54) is 0 Å². The number of halogens is 4. The molecule has 56 valence electrons. The van der Waals surface area contributed by atoms with E-state index < -0.39 is 17.5 Å². The Morgan fingerprint density at radius 2 is 0.900 bits per heavy atom. The van der Waals surface area contributed by atoms with Crippen molar-refractivity contribution in [1.82, 2.24) is 0 Å². The van der Waals surface area contributed by atoms with Gasteiger partial charge in [-0.2, -0.15) is 0 Å². The molecule has 0 bridgehead atoms. The maximum absolute atomic E-state index is 11.9. The van der Waals surface area contributed by atoms with Crippen LogP contribution in [-0.2, 0) is 0 Å². The standard InChI is InChI=1S/C6H3F3.ClH/c7-4-1-5(8)3-6(9)2-4;/h1-3H;1H/p-1. The van der Waals surface area contributed by atoms with Gasteiger partial charge < -0.3 is 12.4 Å². The monoisotopic (exact) mass is 167 g/mol. The van der Waals surface area contributed by atoms with Crippen molar-refractivity contribution in [3.8, 4) is 0 Å². The molecule has 0 saturated heterocycles. The second-order valence-corrected chi connectivity index (χ2v) is 1.59. The summed E-state index contributed by atoms with van der Waals surface area (Å²) in [5, 5.41) is 0. The van der Waals surface area contributed by atoms with Gasteiger partial charge in [0.15, 0.2) is 0 Å². The molecule has 0 spiro atoms. The molecule has 0 aliphatic rings. The Morgan fingerprint density at radius 1 is 0.700 bits per heavy atom. The molecule has 0 atom stereocenters. The predicted molar refractivity (Wildman–Crippen MR) is 26.3 cm³/mol. The Kier molecular flexibility index (Phi) is 3.22. The minimum absolute atomic E-state index is 0. The highest BCUT2D eigenvalue weighted by atomic mass is 35.5. The fourth-order valence-electron chi connectivity index (χ4n) is 0.520. The quantitative estimate of drug-likeness (QED) is 0.470. The fraction of sp³-hybridized carbons (Fsp3) is 0. The van der Waals surface area contributed by atoms with E-state index >= 15 is 0 Å². The summed E-state index contributed by atoms with van der Waals surface area (Å²) in [7, 11) is 0. The number of hydrogen-bond acceptors (Lipinski definition) is 0. The molecule has 1 aromatic rings. The van der Waals surface area contributed by atoms with Crippen molar-refractivity contribution in [1.29, 1.82) is 0 Å². The van der Waals surface area contributed by atoms with Gasteiger partial charge in [-0.15, -0.1) is 0 Å².